The molecule has 0 atom stereocenters. The van der Waals surface area contributed by atoms with Crippen LogP contribution in [0.4, 0.5) is 10.1 Å². The summed E-state index contributed by atoms with van der Waals surface area (Å²) in [7, 11) is 2.68. The van der Waals surface area contributed by atoms with Gasteiger partial charge in [0, 0.05) is 11.6 Å². The molecule has 3 rings (SSSR count). The van der Waals surface area contributed by atoms with E-state index in [4.69, 9.17) is 9.47 Å². The minimum Gasteiger partial charge on any atom is -0.507 e. The summed E-state index contributed by atoms with van der Waals surface area (Å²) in [6, 6.07) is 10.1. The molecule has 1 heterocycles. The quantitative estimate of drug-likeness (QED) is 0.741. The van der Waals surface area contributed by atoms with Gasteiger partial charge in [0.05, 0.1) is 24.8 Å². The Morgan fingerprint density at radius 3 is 2.46 bits per heavy atom. The molecule has 0 saturated carbocycles. The van der Waals surface area contributed by atoms with Gasteiger partial charge in [0.15, 0.2) is 0 Å². The van der Waals surface area contributed by atoms with Crippen molar-refractivity contribution in [3.8, 4) is 11.5 Å². The van der Waals surface area contributed by atoms with Crippen molar-refractivity contribution in [3.63, 3.8) is 0 Å². The van der Waals surface area contributed by atoms with Crippen LogP contribution >= 0.6 is 11.8 Å². The number of halogens is 1. The van der Waals surface area contributed by atoms with E-state index in [0.717, 1.165) is 11.8 Å². The number of phenols is 1. The average Bonchev–Trinajstić information content (AvgIpc) is 2.99. The molecular weight excluding hydrogens is 385 g/mol. The lowest BCUT2D eigenvalue weighted by molar-refractivity contribution is -0.135. The number of benzene rings is 2. The highest BCUT2D eigenvalue weighted by atomic mass is 32.2. The Hall–Kier alpha value is -3.26. The highest BCUT2D eigenvalue weighted by molar-refractivity contribution is 8.18. The van der Waals surface area contributed by atoms with Crippen molar-refractivity contribution in [2.45, 2.75) is 0 Å². The van der Waals surface area contributed by atoms with Gasteiger partial charge in [-0.3, -0.25) is 0 Å². The molecule has 1 aliphatic heterocycles. The third-order valence-electron chi connectivity index (χ3n) is 3.86. The minimum atomic E-state index is -0.756. The fourth-order valence-electron chi connectivity index (χ4n) is 2.44. The summed E-state index contributed by atoms with van der Waals surface area (Å²) < 4.78 is 22.9. The van der Waals surface area contributed by atoms with Gasteiger partial charge in [-0.15, -0.1) is 0 Å². The van der Waals surface area contributed by atoms with E-state index in [9.17, 15) is 19.4 Å². The van der Waals surface area contributed by atoms with E-state index < -0.39 is 11.8 Å². The number of aliphatic imine (C=N–C) groups is 1. The molecule has 1 aliphatic rings. The first-order valence-corrected chi connectivity index (χ1v) is 8.87. The van der Waals surface area contributed by atoms with Crippen molar-refractivity contribution < 1.29 is 28.9 Å². The molecule has 0 saturated heterocycles. The fourth-order valence-corrected chi connectivity index (χ4v) is 3.46. The second-order valence-corrected chi connectivity index (χ2v) is 6.67. The zero-order valence-corrected chi connectivity index (χ0v) is 15.8. The molecule has 2 aromatic rings. The molecule has 8 heteroatoms. The predicted octanol–water partition coefficient (Wildman–Crippen LogP) is 4.34. The summed E-state index contributed by atoms with van der Waals surface area (Å²) in [6.07, 6.45) is 1.52. The van der Waals surface area contributed by atoms with E-state index >= 15 is 0 Å². The molecular formula is C20H16FNO5S. The third kappa shape index (κ3) is 4.01. The molecule has 28 heavy (non-hydrogen) atoms. The number of aliphatic hydroxyl groups excluding tert-OH is 1. The van der Waals surface area contributed by atoms with Gasteiger partial charge in [-0.1, -0.05) is 11.8 Å². The topological polar surface area (TPSA) is 88.4 Å². The van der Waals surface area contributed by atoms with E-state index in [1.807, 2.05) is 0 Å². The molecule has 0 fully saturated rings. The third-order valence-corrected chi connectivity index (χ3v) is 4.88. The highest BCUT2D eigenvalue weighted by Gasteiger charge is 2.33. The molecule has 0 spiro atoms. The Morgan fingerprint density at radius 2 is 1.86 bits per heavy atom. The Bertz CT molecular complexity index is 1010. The number of aliphatic hydroxyl groups is 1. The lowest BCUT2D eigenvalue weighted by Gasteiger charge is -2.04. The van der Waals surface area contributed by atoms with Gasteiger partial charge in [-0.05, 0) is 42.5 Å². The van der Waals surface area contributed by atoms with Crippen LogP contribution in [0.5, 0.6) is 11.5 Å². The summed E-state index contributed by atoms with van der Waals surface area (Å²) in [5.74, 6) is -1.05. The van der Waals surface area contributed by atoms with Crippen LogP contribution in [0.15, 0.2) is 63.7 Å². The maximum Gasteiger partial charge on any atom is 0.344 e. The van der Waals surface area contributed by atoms with Gasteiger partial charge >= 0.3 is 5.97 Å². The molecule has 0 radical (unpaired) electrons. The van der Waals surface area contributed by atoms with Gasteiger partial charge in [-0.2, -0.15) is 0 Å². The van der Waals surface area contributed by atoms with Crippen molar-refractivity contribution >= 4 is 34.5 Å². The summed E-state index contributed by atoms with van der Waals surface area (Å²) in [6.45, 7) is 0. The molecule has 6 nitrogen and oxygen atoms in total. The Labute approximate surface area is 164 Å². The number of esters is 1. The summed E-state index contributed by atoms with van der Waals surface area (Å²) in [5.41, 5.74) is 0.727. The molecule has 0 amide bonds. The van der Waals surface area contributed by atoms with Gasteiger partial charge < -0.3 is 19.7 Å². The number of nitrogens with zero attached hydrogens (tertiary/aromatic N) is 1. The van der Waals surface area contributed by atoms with Crippen molar-refractivity contribution in [1.82, 2.24) is 0 Å². The number of carbonyl (C=O) groups is 1. The van der Waals surface area contributed by atoms with Gasteiger partial charge in [-0.25, -0.2) is 14.2 Å². The number of rotatable bonds is 4. The normalized spacial score (nSPS) is 16.7. The average molecular weight is 401 g/mol. The van der Waals surface area contributed by atoms with E-state index in [1.54, 1.807) is 12.1 Å². The molecule has 0 unspecified atom stereocenters. The smallest absolute Gasteiger partial charge is 0.344 e. The maximum absolute atomic E-state index is 13.1. The van der Waals surface area contributed by atoms with Crippen LogP contribution in [-0.2, 0) is 9.53 Å². The first-order valence-electron chi connectivity index (χ1n) is 8.06. The summed E-state index contributed by atoms with van der Waals surface area (Å²) in [5, 5.41) is 20.9. The SMILES string of the molecule is COC(=O)C1=C(O)/C(=C\c2ccc(OC)cc2O)SC1=Nc1ccc(F)cc1. The minimum absolute atomic E-state index is 0.0520. The van der Waals surface area contributed by atoms with E-state index in [1.165, 1.54) is 50.6 Å². The monoisotopic (exact) mass is 401 g/mol. The van der Waals surface area contributed by atoms with Crippen LogP contribution in [0.2, 0.25) is 0 Å². The lowest BCUT2D eigenvalue weighted by Crippen LogP contribution is -2.10. The first-order chi connectivity index (χ1) is 13.4. The van der Waals surface area contributed by atoms with Crippen LogP contribution in [0.3, 0.4) is 0 Å². The number of hydrogen-bond acceptors (Lipinski definition) is 7. The highest BCUT2D eigenvalue weighted by Crippen LogP contribution is 2.41. The van der Waals surface area contributed by atoms with E-state index in [-0.39, 0.29) is 22.1 Å². The molecule has 0 aromatic heterocycles. The Morgan fingerprint density at radius 1 is 1.14 bits per heavy atom. The molecule has 2 aromatic carbocycles. The number of methoxy groups -OCH3 is 2. The van der Waals surface area contributed by atoms with Crippen molar-refractivity contribution in [1.29, 1.82) is 0 Å². The molecule has 0 bridgehead atoms. The van der Waals surface area contributed by atoms with Gasteiger partial charge in [0.25, 0.3) is 0 Å². The predicted molar refractivity (Wildman–Crippen MR) is 105 cm³/mol. The number of thioether (sulfide) groups is 1. The Balaban J connectivity index is 2.03. The molecule has 144 valence electrons. The fraction of sp³-hybridized carbons (Fsp3) is 0.100. The second-order valence-electron chi connectivity index (χ2n) is 5.64. The van der Waals surface area contributed by atoms with Gasteiger partial charge in [0.1, 0.15) is 33.7 Å². The lowest BCUT2D eigenvalue weighted by atomic mass is 10.1. The number of ether oxygens (including phenoxy) is 2. The zero-order valence-electron chi connectivity index (χ0n) is 15.0. The number of phenolic OH excluding ortho intramolecular Hbond substituents is 1. The maximum atomic E-state index is 13.1. The van der Waals surface area contributed by atoms with E-state index in [0.29, 0.717) is 21.9 Å². The Kier molecular flexibility index (Phi) is 5.70. The van der Waals surface area contributed by atoms with Crippen LogP contribution in [0.1, 0.15) is 5.56 Å². The van der Waals surface area contributed by atoms with Crippen molar-refractivity contribution in [2.24, 2.45) is 4.99 Å². The second kappa shape index (κ2) is 8.18. The molecule has 0 aliphatic carbocycles. The van der Waals surface area contributed by atoms with Crippen LogP contribution < -0.4 is 4.74 Å². The number of aromatic hydroxyl groups is 1. The molecule has 2 N–H and O–H groups in total. The van der Waals surface area contributed by atoms with Crippen LogP contribution in [0, 0.1) is 5.82 Å². The number of hydrogen-bond donors (Lipinski definition) is 2. The van der Waals surface area contributed by atoms with Crippen molar-refractivity contribution in [3.05, 3.63) is 70.1 Å². The summed E-state index contributed by atoms with van der Waals surface area (Å²) in [4.78, 5) is 16.8. The summed E-state index contributed by atoms with van der Waals surface area (Å²) >= 11 is 1.03. The number of carbonyl (C=O) groups excluding carboxylic acids is 1. The van der Waals surface area contributed by atoms with Crippen molar-refractivity contribution in [2.75, 3.05) is 14.2 Å². The first kappa shape index (κ1) is 19.5. The largest absolute Gasteiger partial charge is 0.507 e. The standard InChI is InChI=1S/C20H16FNO5S/c1-26-14-8-3-11(15(23)10-14)9-16-18(24)17(20(25)27-2)19(28-16)22-13-6-4-12(21)5-7-13/h3-10,23-24H,1-2H3/b16-9+,22-19?. The van der Waals surface area contributed by atoms with Crippen LogP contribution in [-0.4, -0.2) is 35.4 Å². The van der Waals surface area contributed by atoms with Crippen LogP contribution in [0.25, 0.3) is 6.08 Å². The zero-order chi connectivity index (χ0) is 20.3. The van der Waals surface area contributed by atoms with E-state index in [2.05, 4.69) is 4.99 Å². The van der Waals surface area contributed by atoms with Gasteiger partial charge in [0.2, 0.25) is 0 Å².